The van der Waals surface area contributed by atoms with E-state index in [9.17, 15) is 0 Å². The number of hydrogen-bond acceptors (Lipinski definition) is 0. The lowest BCUT2D eigenvalue weighted by molar-refractivity contribution is 0.536. The molecule has 0 amide bonds. The van der Waals surface area contributed by atoms with E-state index in [-0.39, 0.29) is 0 Å². The molecule has 0 rings (SSSR count). The molecule has 0 unspecified atom stereocenters. The number of hydrogen-bond donors (Lipinski definition) is 0. The van der Waals surface area contributed by atoms with E-state index in [2.05, 4.69) is 19.1 Å². The van der Waals surface area contributed by atoms with Gasteiger partial charge in [-0.3, -0.25) is 0 Å². The number of allylic oxidation sites excluding steroid dienone is 2. The Balaban J connectivity index is 3.03. The van der Waals surface area contributed by atoms with Crippen LogP contribution >= 0.6 is 33.2 Å². The third-order valence-electron chi connectivity index (χ3n) is 4.32. The van der Waals surface area contributed by atoms with Crippen molar-refractivity contribution in [1.82, 2.24) is 0 Å². The van der Waals surface area contributed by atoms with Gasteiger partial charge in [0.1, 0.15) is 0 Å². The van der Waals surface area contributed by atoms with E-state index in [1.54, 1.807) is 0 Å². The van der Waals surface area contributed by atoms with Crippen LogP contribution in [0.4, 0.5) is 0 Å². The van der Waals surface area contributed by atoms with Crippen molar-refractivity contribution in [3.63, 3.8) is 0 Å². The van der Waals surface area contributed by atoms with Crippen molar-refractivity contribution in [1.29, 1.82) is 0 Å². The summed E-state index contributed by atoms with van der Waals surface area (Å²) in [4.78, 5) is 0. The molecule has 0 aromatic carbocycles. The first-order valence-corrected chi connectivity index (χ1v) is 15.0. The first-order chi connectivity index (χ1) is 11.1. The Bertz CT molecular complexity index is 262. The minimum atomic E-state index is -2.35. The zero-order chi connectivity index (χ0) is 17.2. The van der Waals surface area contributed by atoms with Crippen LogP contribution in [0.3, 0.4) is 0 Å². The molecule has 0 nitrogen and oxygen atoms in total. The second-order valence-corrected chi connectivity index (χ2v) is 16.0. The zero-order valence-corrected chi connectivity index (χ0v) is 18.4. The summed E-state index contributed by atoms with van der Waals surface area (Å²) in [6.07, 6.45) is 24.8. The molecule has 0 aromatic rings. The highest BCUT2D eigenvalue weighted by molar-refractivity contribution is 7.64. The largest absolute Gasteiger partial charge is 0.341 e. The smallest absolute Gasteiger partial charge is 0.126 e. The van der Waals surface area contributed by atoms with Crippen LogP contribution in [0.1, 0.15) is 103 Å². The fourth-order valence-corrected chi connectivity index (χ4v) is 4.73. The monoisotopic (exact) mass is 398 g/mol. The van der Waals surface area contributed by atoms with Crippen LogP contribution in [0.2, 0.25) is 6.04 Å². The Hall–Kier alpha value is 0.827. The van der Waals surface area contributed by atoms with E-state index in [1.165, 1.54) is 89.9 Å². The molecular weight excluding hydrogens is 363 g/mol. The molecular formula is C19H37Cl3Si. The second kappa shape index (κ2) is 17.6. The van der Waals surface area contributed by atoms with Crippen LogP contribution in [0.25, 0.3) is 0 Å². The van der Waals surface area contributed by atoms with Crippen LogP contribution in [-0.4, -0.2) is 6.00 Å². The first-order valence-electron chi connectivity index (χ1n) is 9.74. The molecule has 0 N–H and O–H groups in total. The van der Waals surface area contributed by atoms with Crippen LogP contribution in [0.15, 0.2) is 12.2 Å². The van der Waals surface area contributed by atoms with Gasteiger partial charge in [0.25, 0.3) is 0 Å². The normalized spacial score (nSPS) is 12.3. The van der Waals surface area contributed by atoms with E-state index in [4.69, 9.17) is 33.2 Å². The molecule has 0 saturated carbocycles. The van der Waals surface area contributed by atoms with Gasteiger partial charge in [0.15, 0.2) is 0 Å². The van der Waals surface area contributed by atoms with Crippen LogP contribution in [-0.2, 0) is 0 Å². The molecule has 0 saturated heterocycles. The van der Waals surface area contributed by atoms with Gasteiger partial charge in [-0.15, -0.1) is 33.2 Å². The third kappa shape index (κ3) is 22.8. The SMILES string of the molecule is C/C=C/CCCCCCCCCCCCCCCC[Si](Cl)(Cl)Cl. The van der Waals surface area contributed by atoms with Gasteiger partial charge >= 0.3 is 6.00 Å². The van der Waals surface area contributed by atoms with Gasteiger partial charge in [0.2, 0.25) is 0 Å². The number of unbranched alkanes of at least 4 members (excludes halogenated alkanes) is 14. The van der Waals surface area contributed by atoms with Gasteiger partial charge in [0, 0.05) is 0 Å². The van der Waals surface area contributed by atoms with Crippen LogP contribution in [0, 0.1) is 0 Å². The molecule has 0 aliphatic rings. The van der Waals surface area contributed by atoms with Gasteiger partial charge < -0.3 is 0 Å². The summed E-state index contributed by atoms with van der Waals surface area (Å²) >= 11 is 17.6. The highest BCUT2D eigenvalue weighted by Crippen LogP contribution is 2.27. The zero-order valence-electron chi connectivity index (χ0n) is 15.1. The summed E-state index contributed by atoms with van der Waals surface area (Å²) < 4.78 is 0. The average molecular weight is 400 g/mol. The summed E-state index contributed by atoms with van der Waals surface area (Å²) in [5.74, 6) is 0. The number of halogens is 3. The highest BCUT2D eigenvalue weighted by Gasteiger charge is 2.23. The number of rotatable bonds is 17. The van der Waals surface area contributed by atoms with Gasteiger partial charge in [-0.2, -0.15) is 0 Å². The van der Waals surface area contributed by atoms with Crippen molar-refractivity contribution >= 4 is 39.2 Å². The molecule has 0 aliphatic heterocycles. The molecule has 23 heavy (non-hydrogen) atoms. The van der Waals surface area contributed by atoms with Gasteiger partial charge in [-0.1, -0.05) is 95.6 Å². The van der Waals surface area contributed by atoms with Crippen LogP contribution < -0.4 is 0 Å². The van der Waals surface area contributed by atoms with Gasteiger partial charge in [-0.25, -0.2) is 0 Å². The van der Waals surface area contributed by atoms with E-state index in [0.717, 1.165) is 12.5 Å². The van der Waals surface area contributed by atoms with Crippen molar-refractivity contribution in [2.75, 3.05) is 0 Å². The lowest BCUT2D eigenvalue weighted by atomic mass is 10.0. The Morgan fingerprint density at radius 2 is 0.913 bits per heavy atom. The fraction of sp³-hybridized carbons (Fsp3) is 0.895. The first kappa shape index (κ1) is 23.8. The maximum atomic E-state index is 5.87. The van der Waals surface area contributed by atoms with Crippen molar-refractivity contribution in [2.45, 2.75) is 109 Å². The highest BCUT2D eigenvalue weighted by atomic mass is 35.8. The summed E-state index contributed by atoms with van der Waals surface area (Å²) in [5.41, 5.74) is 0. The third-order valence-corrected chi connectivity index (χ3v) is 6.94. The Morgan fingerprint density at radius 1 is 0.565 bits per heavy atom. The fourth-order valence-electron chi connectivity index (χ4n) is 2.88. The minimum Gasteiger partial charge on any atom is -0.126 e. The molecule has 138 valence electrons. The Morgan fingerprint density at radius 3 is 1.26 bits per heavy atom. The van der Waals surface area contributed by atoms with Gasteiger partial charge in [0.05, 0.1) is 0 Å². The predicted molar refractivity (Wildman–Crippen MR) is 112 cm³/mol. The second-order valence-electron chi connectivity index (χ2n) is 6.67. The average Bonchev–Trinajstić information content (AvgIpc) is 2.49. The Kier molecular flexibility index (Phi) is 18.3. The molecule has 0 radical (unpaired) electrons. The van der Waals surface area contributed by atoms with E-state index >= 15 is 0 Å². The maximum Gasteiger partial charge on any atom is 0.341 e. The predicted octanol–water partition coefficient (Wildman–Crippen LogP) is 9.07. The van der Waals surface area contributed by atoms with Gasteiger partial charge in [-0.05, 0) is 25.8 Å². The van der Waals surface area contributed by atoms with Crippen molar-refractivity contribution < 1.29 is 0 Å². The Labute approximate surface area is 160 Å². The molecule has 0 aliphatic carbocycles. The molecule has 0 heterocycles. The summed E-state index contributed by atoms with van der Waals surface area (Å²) in [6, 6.07) is -1.53. The molecule has 4 heteroatoms. The summed E-state index contributed by atoms with van der Waals surface area (Å²) in [6.45, 7) is 2.11. The summed E-state index contributed by atoms with van der Waals surface area (Å²) in [7, 11) is 0. The topological polar surface area (TPSA) is 0 Å². The van der Waals surface area contributed by atoms with Crippen LogP contribution in [0.5, 0.6) is 0 Å². The summed E-state index contributed by atoms with van der Waals surface area (Å²) in [5, 5.41) is 0. The van der Waals surface area contributed by atoms with E-state index < -0.39 is 6.00 Å². The molecule has 0 spiro atoms. The molecule has 0 fully saturated rings. The molecule has 0 atom stereocenters. The van der Waals surface area contributed by atoms with E-state index in [0.29, 0.717) is 0 Å². The quantitative estimate of drug-likeness (QED) is 0.0989. The van der Waals surface area contributed by atoms with E-state index in [1.807, 2.05) is 0 Å². The standard InChI is InChI=1S/C19H37Cl3Si/c1-2-3-4-5-6-7-8-9-10-11-12-13-14-15-16-17-18-19-23(20,21)22/h2-3H,4-19H2,1H3/b3-2+. The van der Waals surface area contributed by atoms with Crippen molar-refractivity contribution in [3.8, 4) is 0 Å². The molecule has 0 bridgehead atoms. The van der Waals surface area contributed by atoms with Crippen molar-refractivity contribution in [3.05, 3.63) is 12.2 Å². The lowest BCUT2D eigenvalue weighted by Crippen LogP contribution is -2.07. The maximum absolute atomic E-state index is 5.87. The van der Waals surface area contributed by atoms with Crippen molar-refractivity contribution in [2.24, 2.45) is 0 Å². The minimum absolute atomic E-state index is 0.826. The lowest BCUT2D eigenvalue weighted by Gasteiger charge is -2.06. The molecule has 0 aromatic heterocycles.